The number of phenolic OH excluding ortho intramolecular Hbond substituents is 1. The molecule has 1 N–H and O–H groups in total. The van der Waals surface area contributed by atoms with Crippen LogP contribution in [-0.4, -0.2) is 20.6 Å². The number of nitrogens with zero attached hydrogens (tertiary/aromatic N) is 1. The van der Waals surface area contributed by atoms with Crippen molar-refractivity contribution in [2.24, 2.45) is 0 Å². The average Bonchev–Trinajstić information content (AvgIpc) is 2.39. The summed E-state index contributed by atoms with van der Waals surface area (Å²) >= 11 is 0. The molecule has 0 atom stereocenters. The molecule has 100 valence electrons. The van der Waals surface area contributed by atoms with E-state index in [9.17, 15) is 13.5 Å². The van der Waals surface area contributed by atoms with E-state index in [4.69, 9.17) is 0 Å². The van der Waals surface area contributed by atoms with Gasteiger partial charge < -0.3 is 5.11 Å². The Bertz CT molecular complexity index is 678. The first-order valence-electron chi connectivity index (χ1n) is 5.76. The molecule has 0 aliphatic rings. The van der Waals surface area contributed by atoms with Gasteiger partial charge in [0.2, 0.25) is 0 Å². The number of aryl methyl sites for hydroxylation is 1. The predicted molar refractivity (Wildman–Crippen MR) is 74.9 cm³/mol. The normalized spacial score (nSPS) is 11.3. The smallest absolute Gasteiger partial charge is 0.264 e. The van der Waals surface area contributed by atoms with Crippen LogP contribution in [-0.2, 0) is 10.0 Å². The summed E-state index contributed by atoms with van der Waals surface area (Å²) in [5.41, 5.74) is 1.39. The lowest BCUT2D eigenvalue weighted by Gasteiger charge is -2.19. The third-order valence-electron chi connectivity index (χ3n) is 2.86. The van der Waals surface area contributed by atoms with Crippen molar-refractivity contribution in [3.63, 3.8) is 0 Å². The molecule has 0 aliphatic heterocycles. The Labute approximate surface area is 113 Å². The van der Waals surface area contributed by atoms with E-state index >= 15 is 0 Å². The summed E-state index contributed by atoms with van der Waals surface area (Å²) in [6, 6.07) is 12.8. The number of hydrogen-bond acceptors (Lipinski definition) is 3. The van der Waals surface area contributed by atoms with Gasteiger partial charge in [-0.05, 0) is 48.9 Å². The van der Waals surface area contributed by atoms with Crippen LogP contribution in [0.1, 0.15) is 5.56 Å². The van der Waals surface area contributed by atoms with E-state index in [2.05, 4.69) is 0 Å². The molecule has 2 aromatic rings. The van der Waals surface area contributed by atoms with Crippen LogP contribution in [0.25, 0.3) is 0 Å². The molecule has 0 aliphatic carbocycles. The maximum Gasteiger partial charge on any atom is 0.264 e. The van der Waals surface area contributed by atoms with E-state index in [1.807, 2.05) is 13.0 Å². The fourth-order valence-corrected chi connectivity index (χ4v) is 3.04. The molecule has 5 heteroatoms. The van der Waals surface area contributed by atoms with Gasteiger partial charge in [-0.25, -0.2) is 8.42 Å². The number of rotatable bonds is 3. The lowest BCUT2D eigenvalue weighted by atomic mass is 10.2. The van der Waals surface area contributed by atoms with Gasteiger partial charge in [0.1, 0.15) is 5.75 Å². The lowest BCUT2D eigenvalue weighted by Crippen LogP contribution is -2.26. The zero-order valence-corrected chi connectivity index (χ0v) is 11.6. The molecule has 0 unspecified atom stereocenters. The number of aromatic hydroxyl groups is 1. The molecule has 0 saturated carbocycles. The molecule has 0 amide bonds. The van der Waals surface area contributed by atoms with E-state index in [0.717, 1.165) is 5.56 Å². The number of hydrogen-bond donors (Lipinski definition) is 1. The SMILES string of the molecule is Cc1cccc(S(=O)(=O)N(C)c2ccc(O)cc2)c1. The number of anilines is 1. The molecule has 0 saturated heterocycles. The maximum atomic E-state index is 12.4. The monoisotopic (exact) mass is 277 g/mol. The maximum absolute atomic E-state index is 12.4. The van der Waals surface area contributed by atoms with Crippen LogP contribution >= 0.6 is 0 Å². The summed E-state index contributed by atoms with van der Waals surface area (Å²) < 4.78 is 26.1. The minimum Gasteiger partial charge on any atom is -0.508 e. The zero-order chi connectivity index (χ0) is 14.0. The van der Waals surface area contributed by atoms with Gasteiger partial charge in [0, 0.05) is 7.05 Å². The van der Waals surface area contributed by atoms with Crippen LogP contribution in [0.4, 0.5) is 5.69 Å². The van der Waals surface area contributed by atoms with Gasteiger partial charge in [0.15, 0.2) is 0 Å². The minimum absolute atomic E-state index is 0.102. The Morgan fingerprint density at radius 3 is 2.26 bits per heavy atom. The molecule has 0 bridgehead atoms. The van der Waals surface area contributed by atoms with Crippen molar-refractivity contribution in [2.75, 3.05) is 11.4 Å². The van der Waals surface area contributed by atoms with Crippen molar-refractivity contribution in [3.8, 4) is 5.75 Å². The summed E-state index contributed by atoms with van der Waals surface area (Å²) in [5.74, 6) is 0.102. The van der Waals surface area contributed by atoms with E-state index in [1.165, 1.54) is 23.5 Å². The summed E-state index contributed by atoms with van der Waals surface area (Å²) in [5, 5.41) is 9.23. The first-order chi connectivity index (χ1) is 8.91. The highest BCUT2D eigenvalue weighted by Gasteiger charge is 2.21. The van der Waals surface area contributed by atoms with Crippen LogP contribution in [0, 0.1) is 6.92 Å². The fraction of sp³-hybridized carbons (Fsp3) is 0.143. The molecule has 2 rings (SSSR count). The number of sulfonamides is 1. The summed E-state index contributed by atoms with van der Waals surface area (Å²) in [6.45, 7) is 1.85. The minimum atomic E-state index is -3.58. The Morgan fingerprint density at radius 1 is 1.05 bits per heavy atom. The van der Waals surface area contributed by atoms with Crippen LogP contribution in [0.3, 0.4) is 0 Å². The highest BCUT2D eigenvalue weighted by molar-refractivity contribution is 7.92. The van der Waals surface area contributed by atoms with E-state index in [1.54, 1.807) is 30.3 Å². The molecule has 4 nitrogen and oxygen atoms in total. The molecule has 0 heterocycles. The molecule has 2 aromatic carbocycles. The Morgan fingerprint density at radius 2 is 1.68 bits per heavy atom. The Kier molecular flexibility index (Phi) is 3.48. The van der Waals surface area contributed by atoms with Crippen molar-refractivity contribution >= 4 is 15.7 Å². The van der Waals surface area contributed by atoms with Crippen molar-refractivity contribution in [2.45, 2.75) is 11.8 Å². The van der Waals surface area contributed by atoms with Gasteiger partial charge in [-0.2, -0.15) is 0 Å². The number of phenols is 1. The lowest BCUT2D eigenvalue weighted by molar-refractivity contribution is 0.475. The van der Waals surface area contributed by atoms with Crippen molar-refractivity contribution < 1.29 is 13.5 Å². The van der Waals surface area contributed by atoms with Crippen LogP contribution < -0.4 is 4.31 Å². The van der Waals surface area contributed by atoms with Gasteiger partial charge in [0.25, 0.3) is 10.0 Å². The van der Waals surface area contributed by atoms with Crippen LogP contribution in [0.5, 0.6) is 5.75 Å². The molecular weight excluding hydrogens is 262 g/mol. The van der Waals surface area contributed by atoms with Crippen molar-refractivity contribution in [3.05, 3.63) is 54.1 Å². The van der Waals surface area contributed by atoms with Gasteiger partial charge >= 0.3 is 0 Å². The third-order valence-corrected chi connectivity index (χ3v) is 4.64. The van der Waals surface area contributed by atoms with Crippen LogP contribution in [0.15, 0.2) is 53.4 Å². The van der Waals surface area contributed by atoms with Gasteiger partial charge in [0.05, 0.1) is 10.6 Å². The summed E-state index contributed by atoms with van der Waals surface area (Å²) in [4.78, 5) is 0.253. The van der Waals surface area contributed by atoms with E-state index in [0.29, 0.717) is 5.69 Å². The largest absolute Gasteiger partial charge is 0.508 e. The average molecular weight is 277 g/mol. The van der Waals surface area contributed by atoms with Gasteiger partial charge in [-0.15, -0.1) is 0 Å². The first-order valence-corrected chi connectivity index (χ1v) is 7.20. The Hall–Kier alpha value is -2.01. The standard InChI is InChI=1S/C14H15NO3S/c1-11-4-3-5-14(10-11)19(17,18)15(2)12-6-8-13(16)9-7-12/h3-10,16H,1-2H3. The second-order valence-electron chi connectivity index (χ2n) is 4.31. The zero-order valence-electron chi connectivity index (χ0n) is 10.7. The number of benzene rings is 2. The molecule has 0 fully saturated rings. The fourth-order valence-electron chi connectivity index (χ4n) is 1.74. The first kappa shape index (κ1) is 13.4. The van der Waals surface area contributed by atoms with Gasteiger partial charge in [-0.1, -0.05) is 12.1 Å². The molecule has 19 heavy (non-hydrogen) atoms. The summed E-state index contributed by atoms with van der Waals surface area (Å²) in [6.07, 6.45) is 0. The molecule has 0 spiro atoms. The quantitative estimate of drug-likeness (QED) is 0.938. The van der Waals surface area contributed by atoms with Crippen molar-refractivity contribution in [1.29, 1.82) is 0 Å². The second-order valence-corrected chi connectivity index (χ2v) is 6.27. The Balaban J connectivity index is 2.42. The molecular formula is C14H15NO3S. The van der Waals surface area contributed by atoms with E-state index in [-0.39, 0.29) is 10.6 Å². The van der Waals surface area contributed by atoms with Gasteiger partial charge in [-0.3, -0.25) is 4.31 Å². The van der Waals surface area contributed by atoms with E-state index < -0.39 is 10.0 Å². The second kappa shape index (κ2) is 4.93. The van der Waals surface area contributed by atoms with Crippen LogP contribution in [0.2, 0.25) is 0 Å². The topological polar surface area (TPSA) is 57.6 Å². The highest BCUT2D eigenvalue weighted by atomic mass is 32.2. The third kappa shape index (κ3) is 2.71. The summed E-state index contributed by atoms with van der Waals surface area (Å²) in [7, 11) is -2.09. The predicted octanol–water partition coefficient (Wildman–Crippen LogP) is 2.53. The van der Waals surface area contributed by atoms with Crippen molar-refractivity contribution in [1.82, 2.24) is 0 Å². The molecule has 0 radical (unpaired) electrons. The highest BCUT2D eigenvalue weighted by Crippen LogP contribution is 2.24. The molecule has 0 aromatic heterocycles.